The molecule has 0 saturated carbocycles. The first-order valence-electron chi connectivity index (χ1n) is 20.4. The number of nitrogens with zero attached hydrogens (tertiary/aromatic N) is 4. The van der Waals surface area contributed by atoms with Gasteiger partial charge in [-0.3, -0.25) is 9.59 Å². The third kappa shape index (κ3) is 7.66. The number of benzene rings is 4. The molecule has 0 bridgehead atoms. The summed E-state index contributed by atoms with van der Waals surface area (Å²) in [5.41, 5.74) is 7.66. The van der Waals surface area contributed by atoms with Crippen molar-refractivity contribution in [1.82, 2.24) is 40.4 Å². The van der Waals surface area contributed by atoms with Gasteiger partial charge in [0.1, 0.15) is 23.7 Å². The second-order valence-corrected chi connectivity index (χ2v) is 16.4. The fourth-order valence-electron chi connectivity index (χ4n) is 8.71. The van der Waals surface area contributed by atoms with Crippen molar-refractivity contribution in [2.75, 3.05) is 20.2 Å². The van der Waals surface area contributed by atoms with Crippen LogP contribution in [-0.2, 0) is 14.3 Å². The van der Waals surface area contributed by atoms with Crippen LogP contribution in [0.2, 0.25) is 0 Å². The molecule has 8 rings (SSSR count). The van der Waals surface area contributed by atoms with E-state index in [1.807, 2.05) is 50.8 Å². The highest BCUT2D eigenvalue weighted by Gasteiger charge is 2.39. The Hall–Kier alpha value is -6.44. The van der Waals surface area contributed by atoms with Gasteiger partial charge in [-0.15, -0.1) is 0 Å². The number of aromatic nitrogens is 4. The van der Waals surface area contributed by atoms with E-state index in [1.165, 1.54) is 7.11 Å². The van der Waals surface area contributed by atoms with Crippen LogP contribution in [0.1, 0.15) is 77.1 Å². The fourth-order valence-corrected chi connectivity index (χ4v) is 8.71. The molecule has 2 aliphatic rings. The van der Waals surface area contributed by atoms with Gasteiger partial charge in [0.15, 0.2) is 0 Å². The third-order valence-corrected chi connectivity index (χ3v) is 11.8. The van der Waals surface area contributed by atoms with Crippen molar-refractivity contribution in [3.05, 3.63) is 84.4 Å². The second-order valence-electron chi connectivity index (χ2n) is 16.4. The topological polar surface area (TPSA) is 186 Å². The Morgan fingerprint density at radius 3 is 1.83 bits per heavy atom. The molecule has 4 atom stereocenters. The van der Waals surface area contributed by atoms with E-state index in [4.69, 9.17) is 14.7 Å². The van der Waals surface area contributed by atoms with E-state index in [-0.39, 0.29) is 35.7 Å². The minimum absolute atomic E-state index is 0.112. The van der Waals surface area contributed by atoms with Crippen LogP contribution in [0.4, 0.5) is 9.59 Å². The summed E-state index contributed by atoms with van der Waals surface area (Å²) in [5.74, 6) is 0.778. The number of amides is 4. The summed E-state index contributed by atoms with van der Waals surface area (Å²) in [6, 6.07) is 23.1. The van der Waals surface area contributed by atoms with Crippen molar-refractivity contribution < 1.29 is 29.0 Å². The van der Waals surface area contributed by atoms with Gasteiger partial charge in [-0.05, 0) is 89.4 Å². The van der Waals surface area contributed by atoms with Gasteiger partial charge in [0.25, 0.3) is 0 Å². The highest BCUT2D eigenvalue weighted by atomic mass is 16.5. The number of methoxy groups -OCH3 is 1. The minimum Gasteiger partial charge on any atom is -0.465 e. The van der Waals surface area contributed by atoms with E-state index < -0.39 is 24.3 Å². The number of carbonyl (C=O) groups excluding carboxylic acids is 3. The number of H-pyrrole nitrogens is 2. The largest absolute Gasteiger partial charge is 0.465 e. The van der Waals surface area contributed by atoms with Gasteiger partial charge in [0.2, 0.25) is 11.8 Å². The van der Waals surface area contributed by atoms with Gasteiger partial charge < -0.3 is 40.2 Å². The van der Waals surface area contributed by atoms with Crippen LogP contribution >= 0.6 is 0 Å². The average Bonchev–Trinajstić information content (AvgIpc) is 4.06. The summed E-state index contributed by atoms with van der Waals surface area (Å²) >= 11 is 0. The van der Waals surface area contributed by atoms with Crippen molar-refractivity contribution in [3.8, 4) is 22.3 Å². The molecule has 4 amide bonds. The van der Waals surface area contributed by atoms with Crippen molar-refractivity contribution in [3.63, 3.8) is 0 Å². The maximum Gasteiger partial charge on any atom is 0.407 e. The number of carboxylic acid groups (broad SMARTS) is 1. The summed E-state index contributed by atoms with van der Waals surface area (Å²) in [7, 11) is 1.29. The molecular weight excluding hydrogens is 749 g/mol. The standard InChI is InChI=1S/C45H50N8O6/c1-24(2)37(50-44(56)57)42(54)52-20-6-8-35(52)40-46-32-18-15-29(23-34(32)48-40)27-12-10-26(11-13-27)28-14-17-31-30(22-28)16-19-33-39(31)49-41(47-33)36-9-7-21-53(36)43(55)38(25(3)4)51-45(58)59-5/h10-19,22-25,35-38,50H,6-9,20-21H2,1-5H3,(H,46,48)(H,47,49)(H,51,58)(H,56,57)/t35-,36?,37-,38-/m0/s1. The molecule has 2 aliphatic heterocycles. The number of imidazole rings is 2. The SMILES string of the molecule is COC(=O)N[C@H](C(=O)N1CCCC1c1nc2c(ccc3cc(-c4ccc(-c5ccc6nc([C@@H]7CCCN7C(=O)[C@@H](NC(=O)O)C(C)C)[nH]c6c5)cc4)ccc32)[nH]1)C(C)C. The molecule has 14 nitrogen and oxygen atoms in total. The van der Waals surface area contributed by atoms with Crippen LogP contribution in [-0.4, -0.2) is 91.1 Å². The molecule has 1 unspecified atom stereocenters. The Morgan fingerprint density at radius 2 is 1.24 bits per heavy atom. The summed E-state index contributed by atoms with van der Waals surface area (Å²) < 4.78 is 4.78. The number of alkyl carbamates (subject to hydrolysis) is 1. The molecule has 2 aromatic heterocycles. The van der Waals surface area contributed by atoms with Crippen molar-refractivity contribution in [1.29, 1.82) is 0 Å². The lowest BCUT2D eigenvalue weighted by molar-refractivity contribution is -0.136. The molecule has 14 heteroatoms. The zero-order chi connectivity index (χ0) is 41.5. The van der Waals surface area contributed by atoms with Crippen LogP contribution in [0.15, 0.2) is 72.8 Å². The van der Waals surface area contributed by atoms with Crippen molar-refractivity contribution in [2.45, 2.75) is 77.5 Å². The maximum absolute atomic E-state index is 13.7. The molecular formula is C45H50N8O6. The average molecular weight is 799 g/mol. The number of likely N-dealkylation sites (tertiary alicyclic amines) is 2. The molecule has 4 aromatic carbocycles. The Kier molecular flexibility index (Phi) is 10.7. The number of nitrogens with one attached hydrogen (secondary N) is 4. The van der Waals surface area contributed by atoms with Crippen molar-refractivity contribution in [2.24, 2.45) is 11.8 Å². The molecule has 0 spiro atoms. The van der Waals surface area contributed by atoms with E-state index in [0.29, 0.717) is 18.9 Å². The number of aromatic amines is 2. The zero-order valence-corrected chi connectivity index (χ0v) is 33.9. The lowest BCUT2D eigenvalue weighted by Gasteiger charge is -2.29. The lowest BCUT2D eigenvalue weighted by atomic mass is 9.98. The first kappa shape index (κ1) is 39.4. The molecule has 5 N–H and O–H groups in total. The third-order valence-electron chi connectivity index (χ3n) is 11.8. The summed E-state index contributed by atoms with van der Waals surface area (Å²) in [6.45, 7) is 8.63. The first-order chi connectivity index (χ1) is 28.4. The summed E-state index contributed by atoms with van der Waals surface area (Å²) in [5, 5.41) is 16.5. The van der Waals surface area contributed by atoms with Gasteiger partial charge in [-0.25, -0.2) is 19.6 Å². The minimum atomic E-state index is -1.21. The van der Waals surface area contributed by atoms with E-state index in [0.717, 1.165) is 86.6 Å². The normalized spacial score (nSPS) is 17.9. The van der Waals surface area contributed by atoms with Gasteiger partial charge in [0.05, 0.1) is 41.3 Å². The summed E-state index contributed by atoms with van der Waals surface area (Å²) in [4.78, 5) is 71.1. The quantitative estimate of drug-likeness (QED) is 0.0925. The van der Waals surface area contributed by atoms with E-state index >= 15 is 0 Å². The Bertz CT molecular complexity index is 2560. The molecule has 59 heavy (non-hydrogen) atoms. The predicted molar refractivity (Wildman–Crippen MR) is 225 cm³/mol. The van der Waals surface area contributed by atoms with E-state index in [9.17, 15) is 24.3 Å². The number of hydrogen-bond donors (Lipinski definition) is 5. The Balaban J connectivity index is 0.995. The van der Waals surface area contributed by atoms with Crippen LogP contribution in [0.5, 0.6) is 0 Å². The Morgan fingerprint density at radius 1 is 0.695 bits per heavy atom. The molecule has 0 aliphatic carbocycles. The monoisotopic (exact) mass is 798 g/mol. The fraction of sp³-hybridized carbons (Fsp3) is 0.378. The van der Waals surface area contributed by atoms with Gasteiger partial charge in [-0.1, -0.05) is 76.2 Å². The highest BCUT2D eigenvalue weighted by Crippen LogP contribution is 2.37. The van der Waals surface area contributed by atoms with Gasteiger partial charge in [0, 0.05) is 18.5 Å². The number of hydrogen-bond acceptors (Lipinski definition) is 7. The van der Waals surface area contributed by atoms with Crippen LogP contribution in [0, 0.1) is 11.8 Å². The number of ether oxygens (including phenoxy) is 1. The number of rotatable bonds is 10. The molecule has 0 radical (unpaired) electrons. The molecule has 2 fully saturated rings. The maximum atomic E-state index is 13.7. The second kappa shape index (κ2) is 16.1. The molecule has 6 aromatic rings. The van der Waals surface area contributed by atoms with Crippen LogP contribution < -0.4 is 10.6 Å². The Labute approximate surface area is 341 Å². The summed E-state index contributed by atoms with van der Waals surface area (Å²) in [6.07, 6.45) is 1.35. The van der Waals surface area contributed by atoms with Crippen molar-refractivity contribution >= 4 is 56.8 Å². The van der Waals surface area contributed by atoms with E-state index in [1.54, 1.807) is 4.90 Å². The van der Waals surface area contributed by atoms with Crippen LogP contribution in [0.3, 0.4) is 0 Å². The highest BCUT2D eigenvalue weighted by molar-refractivity contribution is 6.05. The van der Waals surface area contributed by atoms with E-state index in [2.05, 4.69) is 75.2 Å². The first-order valence-corrected chi connectivity index (χ1v) is 20.4. The van der Waals surface area contributed by atoms with Gasteiger partial charge >= 0.3 is 12.2 Å². The zero-order valence-electron chi connectivity index (χ0n) is 33.9. The predicted octanol–water partition coefficient (Wildman–Crippen LogP) is 7.93. The van der Waals surface area contributed by atoms with Gasteiger partial charge in [-0.2, -0.15) is 0 Å². The lowest BCUT2D eigenvalue weighted by Crippen LogP contribution is -2.51. The number of fused-ring (bicyclic) bond motifs is 4. The molecule has 4 heterocycles. The van der Waals surface area contributed by atoms with Crippen LogP contribution in [0.25, 0.3) is 55.1 Å². The molecule has 2 saturated heterocycles. The smallest absolute Gasteiger partial charge is 0.407 e. The number of carbonyl (C=O) groups is 4. The molecule has 306 valence electrons.